The quantitative estimate of drug-likeness (QED) is 0.0972. The van der Waals surface area contributed by atoms with Crippen LogP contribution in [0, 0.1) is 20.8 Å². The first-order valence-electron chi connectivity index (χ1n) is 19.3. The summed E-state index contributed by atoms with van der Waals surface area (Å²) in [5.74, 6) is -0.404. The zero-order valence-electron chi connectivity index (χ0n) is 33.3. The molecule has 1 atom stereocenters. The molecule has 0 bridgehead atoms. The van der Waals surface area contributed by atoms with Crippen LogP contribution in [0.4, 0.5) is 17.1 Å². The van der Waals surface area contributed by atoms with Gasteiger partial charge in [0.2, 0.25) is 0 Å². The van der Waals surface area contributed by atoms with Crippen LogP contribution in [0.2, 0.25) is 0 Å². The van der Waals surface area contributed by atoms with Crippen molar-refractivity contribution in [1.29, 1.82) is 0 Å². The van der Waals surface area contributed by atoms with Gasteiger partial charge in [0, 0.05) is 26.2 Å². The number of quaternary nitrogens is 1. The second-order valence-corrected chi connectivity index (χ2v) is 14.9. The second kappa shape index (κ2) is 18.0. The molecule has 0 aliphatic heterocycles. The molecule has 7 aromatic carbocycles. The van der Waals surface area contributed by atoms with Crippen molar-refractivity contribution in [2.24, 2.45) is 0 Å². The molecule has 4 N–H and O–H groups in total. The molecule has 1 unspecified atom stereocenters. The summed E-state index contributed by atoms with van der Waals surface area (Å²) in [6.07, 6.45) is 1.04. The summed E-state index contributed by atoms with van der Waals surface area (Å²) in [6.45, 7) is 7.63. The molecule has 0 fully saturated rings. The Bertz CT molecular complexity index is 2400. The van der Waals surface area contributed by atoms with E-state index in [0.717, 1.165) is 39.3 Å². The molecular weight excluding hydrogens is 723 g/mol. The van der Waals surface area contributed by atoms with Gasteiger partial charge in [-0.3, -0.25) is 0 Å². The third-order valence-electron chi connectivity index (χ3n) is 10.6. The molecule has 58 heavy (non-hydrogen) atoms. The zero-order chi connectivity index (χ0) is 41.4. The van der Waals surface area contributed by atoms with E-state index in [1.165, 1.54) is 0 Å². The Morgan fingerprint density at radius 2 is 0.862 bits per heavy atom. The molecule has 0 saturated heterocycles. The lowest BCUT2D eigenvalue weighted by molar-refractivity contribution is -0.270. The molecule has 7 aromatic rings. The van der Waals surface area contributed by atoms with E-state index in [9.17, 15) is 30.3 Å². The van der Waals surface area contributed by atoms with Crippen LogP contribution < -0.4 is 9.59 Å². The van der Waals surface area contributed by atoms with Crippen LogP contribution >= 0.6 is 0 Å². The smallest absolute Gasteiger partial charge is 0.363 e. The zero-order valence-corrected chi connectivity index (χ0v) is 33.3. The first-order valence-corrected chi connectivity index (χ1v) is 19.3. The van der Waals surface area contributed by atoms with Crippen molar-refractivity contribution >= 4 is 23.0 Å². The molecular formula is C51H49NO6. The van der Waals surface area contributed by atoms with E-state index < -0.39 is 12.0 Å². The Morgan fingerprint density at radius 3 is 1.26 bits per heavy atom. The molecule has 0 radical (unpaired) electrons. The average molecular weight is 772 g/mol. The molecule has 0 aromatic heterocycles. The third kappa shape index (κ3) is 8.91. The fraction of sp³-hybridized carbons (Fsp3) is 0.157. The van der Waals surface area contributed by atoms with Gasteiger partial charge in [0.1, 0.15) is 34.3 Å². The summed E-state index contributed by atoms with van der Waals surface area (Å²) >= 11 is 0. The lowest BCUT2D eigenvalue weighted by Gasteiger charge is -2.40. The maximum Gasteiger partial charge on any atom is 0.363 e. The van der Waals surface area contributed by atoms with Crippen LogP contribution in [0.1, 0.15) is 57.0 Å². The van der Waals surface area contributed by atoms with Crippen LogP contribution in [-0.4, -0.2) is 32.4 Å². The minimum absolute atomic E-state index is 0.0813. The molecule has 0 saturated carbocycles. The number of carboxylic acid groups (broad SMARTS) is 1. The van der Waals surface area contributed by atoms with Crippen molar-refractivity contribution in [3.8, 4) is 23.0 Å². The summed E-state index contributed by atoms with van der Waals surface area (Å²) in [4.78, 5) is 12.1. The largest absolute Gasteiger partial charge is 0.872 e. The SMILES string of the molecule is CC(C(=O)O)[N+](c1ccccc1)(c1ccccc1)c1ccccc1.Cc1ccc(O)c(Cc2cccc(Cc3cc(C)cc(Cc4cc(C)ccc4O)c3O)c2[O-])c1. The molecule has 0 amide bonds. The Kier molecular flexibility index (Phi) is 12.6. The van der Waals surface area contributed by atoms with Gasteiger partial charge >= 0.3 is 5.97 Å². The van der Waals surface area contributed by atoms with E-state index in [2.05, 4.69) is 0 Å². The second-order valence-electron chi connectivity index (χ2n) is 14.9. The summed E-state index contributed by atoms with van der Waals surface area (Å²) in [7, 11) is 0. The number of aromatic hydroxyl groups is 3. The van der Waals surface area contributed by atoms with Gasteiger partial charge in [-0.15, -0.1) is 5.75 Å². The highest BCUT2D eigenvalue weighted by Gasteiger charge is 2.45. The van der Waals surface area contributed by atoms with E-state index >= 15 is 0 Å². The lowest BCUT2D eigenvalue weighted by Crippen LogP contribution is -2.51. The normalized spacial score (nSPS) is 11.7. The van der Waals surface area contributed by atoms with Gasteiger partial charge in [-0.25, -0.2) is 9.28 Å². The molecule has 0 aliphatic rings. The monoisotopic (exact) mass is 771 g/mol. The maximum absolute atomic E-state index is 13.2. The van der Waals surface area contributed by atoms with E-state index in [0.29, 0.717) is 47.1 Å². The predicted molar refractivity (Wildman–Crippen MR) is 230 cm³/mol. The highest BCUT2D eigenvalue weighted by atomic mass is 16.4. The first-order chi connectivity index (χ1) is 27.9. The fourth-order valence-corrected chi connectivity index (χ4v) is 7.72. The van der Waals surface area contributed by atoms with Gasteiger partial charge < -0.3 is 25.5 Å². The number of phenolic OH excluding ortho intramolecular Hbond substituents is 3. The molecule has 0 spiro atoms. The van der Waals surface area contributed by atoms with Crippen molar-refractivity contribution in [2.45, 2.75) is 53.0 Å². The Labute approximate surface area is 340 Å². The number of nitrogens with zero attached hydrogens (tertiary/aromatic N) is 1. The van der Waals surface area contributed by atoms with Crippen LogP contribution in [0.3, 0.4) is 0 Å². The Balaban J connectivity index is 0.000000208. The number of hydrogen-bond acceptors (Lipinski definition) is 5. The van der Waals surface area contributed by atoms with E-state index in [-0.39, 0.29) is 27.5 Å². The number of benzene rings is 7. The minimum atomic E-state index is -0.841. The molecule has 7 nitrogen and oxygen atoms in total. The van der Waals surface area contributed by atoms with Crippen LogP contribution in [-0.2, 0) is 24.1 Å². The molecule has 294 valence electrons. The Morgan fingerprint density at radius 1 is 0.500 bits per heavy atom. The van der Waals surface area contributed by atoms with Gasteiger partial charge in [-0.2, -0.15) is 0 Å². The van der Waals surface area contributed by atoms with Crippen molar-refractivity contribution in [3.05, 3.63) is 208 Å². The van der Waals surface area contributed by atoms with Crippen molar-refractivity contribution in [2.75, 3.05) is 0 Å². The number of phenols is 3. The number of hydrogen-bond donors (Lipinski definition) is 4. The maximum atomic E-state index is 13.2. The van der Waals surface area contributed by atoms with Crippen molar-refractivity contribution in [1.82, 2.24) is 4.48 Å². The molecule has 7 rings (SSSR count). The number of rotatable bonds is 11. The predicted octanol–water partition coefficient (Wildman–Crippen LogP) is 10.7. The Hall–Kier alpha value is -6.83. The highest BCUT2D eigenvalue weighted by molar-refractivity contribution is 5.84. The number of aliphatic carboxylic acids is 1. The number of carboxylic acids is 1. The fourth-order valence-electron chi connectivity index (χ4n) is 7.72. The van der Waals surface area contributed by atoms with Crippen LogP contribution in [0.25, 0.3) is 0 Å². The summed E-state index contributed by atoms with van der Waals surface area (Å²) < 4.78 is 0.137. The summed E-state index contributed by atoms with van der Waals surface area (Å²) in [5, 5.41) is 54.6. The standard InChI is InChI=1S/C30H30O4.C21H19NO2/c1-18-7-9-27(31)23(11-18)15-21-5-4-6-22(29(21)33)16-25-13-20(3)14-26(30(25)34)17-24-12-19(2)8-10-28(24)32;1-17(21(23)24)22(18-11-5-2-6-12-18,19-13-7-3-8-14-19)20-15-9-4-10-16-20/h4-14,31-34H,15-17H2,1-3H3;2-17H,1H3. The molecule has 0 aliphatic carbocycles. The number of aryl methyl sites for hydroxylation is 3. The molecule has 0 heterocycles. The van der Waals surface area contributed by atoms with Gasteiger partial charge in [0.15, 0.2) is 6.04 Å². The van der Waals surface area contributed by atoms with Gasteiger partial charge in [-0.1, -0.05) is 137 Å². The van der Waals surface area contributed by atoms with Gasteiger partial charge in [0.25, 0.3) is 0 Å². The minimum Gasteiger partial charge on any atom is -0.872 e. The van der Waals surface area contributed by atoms with E-state index in [4.69, 9.17) is 0 Å². The third-order valence-corrected chi connectivity index (χ3v) is 10.6. The van der Waals surface area contributed by atoms with E-state index in [1.54, 1.807) is 31.2 Å². The van der Waals surface area contributed by atoms with E-state index in [1.807, 2.05) is 154 Å². The first kappa shape index (κ1) is 40.8. The van der Waals surface area contributed by atoms with Crippen molar-refractivity contribution < 1.29 is 30.3 Å². The summed E-state index contributed by atoms with van der Waals surface area (Å²) in [5.41, 5.74) is 9.84. The lowest BCUT2D eigenvalue weighted by atomic mass is 9.93. The van der Waals surface area contributed by atoms with Crippen molar-refractivity contribution in [3.63, 3.8) is 0 Å². The highest BCUT2D eigenvalue weighted by Crippen LogP contribution is 2.46. The number of para-hydroxylation sites is 4. The van der Waals surface area contributed by atoms with Gasteiger partial charge in [-0.05, 0) is 91.6 Å². The van der Waals surface area contributed by atoms with Crippen LogP contribution in [0.15, 0.2) is 158 Å². The topological polar surface area (TPSA) is 121 Å². The number of carbonyl (C=O) groups is 1. The summed E-state index contributed by atoms with van der Waals surface area (Å²) in [6, 6.07) is 48.8. The van der Waals surface area contributed by atoms with Crippen LogP contribution in [0.5, 0.6) is 23.0 Å². The molecule has 7 heteroatoms. The average Bonchev–Trinajstić information content (AvgIpc) is 3.22. The van der Waals surface area contributed by atoms with Gasteiger partial charge in [0.05, 0.1) is 0 Å².